The lowest BCUT2D eigenvalue weighted by Gasteiger charge is -2.34. The number of benzene rings is 1. The van der Waals surface area contributed by atoms with Crippen molar-refractivity contribution in [2.24, 2.45) is 5.92 Å². The summed E-state index contributed by atoms with van der Waals surface area (Å²) in [4.78, 5) is 18.2. The average Bonchev–Trinajstić information content (AvgIpc) is 2.61. The summed E-state index contributed by atoms with van der Waals surface area (Å²) in [6.45, 7) is 1.10. The highest BCUT2D eigenvalue weighted by Crippen LogP contribution is 2.31. The van der Waals surface area contributed by atoms with E-state index < -0.39 is 6.10 Å². The van der Waals surface area contributed by atoms with Crippen LogP contribution in [0.1, 0.15) is 35.0 Å². The van der Waals surface area contributed by atoms with Crippen LogP contribution in [0.4, 0.5) is 4.39 Å². The van der Waals surface area contributed by atoms with Gasteiger partial charge in [-0.25, -0.2) is 9.37 Å². The molecular weight excluding hydrogens is 331 g/mol. The number of carbonyl (C=O) groups is 1. The molecule has 1 aliphatic heterocycles. The fraction of sp³-hybridized carbons (Fsp3) is 0.333. The van der Waals surface area contributed by atoms with Crippen molar-refractivity contribution in [2.45, 2.75) is 18.9 Å². The number of likely N-dealkylation sites (tertiary alicyclic amines) is 1. The van der Waals surface area contributed by atoms with Gasteiger partial charge in [0, 0.05) is 13.1 Å². The molecular formula is C18H18ClFN2O2. The first-order valence-corrected chi connectivity index (χ1v) is 8.28. The van der Waals surface area contributed by atoms with Crippen LogP contribution in [-0.4, -0.2) is 34.0 Å². The topological polar surface area (TPSA) is 53.4 Å². The van der Waals surface area contributed by atoms with Crippen molar-refractivity contribution < 1.29 is 14.3 Å². The molecule has 0 radical (unpaired) electrons. The summed E-state index contributed by atoms with van der Waals surface area (Å²) in [7, 11) is 0. The molecule has 1 aromatic heterocycles. The Kier molecular flexibility index (Phi) is 5.11. The third-order valence-electron chi connectivity index (χ3n) is 4.42. The van der Waals surface area contributed by atoms with Gasteiger partial charge in [0.25, 0.3) is 5.91 Å². The van der Waals surface area contributed by atoms with Gasteiger partial charge in [0.2, 0.25) is 0 Å². The predicted molar refractivity (Wildman–Crippen MR) is 89.2 cm³/mol. The van der Waals surface area contributed by atoms with Crippen LogP contribution in [0.3, 0.4) is 0 Å². The number of amides is 1. The molecule has 2 aromatic rings. The Morgan fingerprint density at radius 1 is 1.21 bits per heavy atom. The zero-order chi connectivity index (χ0) is 17.1. The highest BCUT2D eigenvalue weighted by Gasteiger charge is 2.29. The molecule has 1 N–H and O–H groups in total. The van der Waals surface area contributed by atoms with Gasteiger partial charge >= 0.3 is 0 Å². The predicted octanol–water partition coefficient (Wildman–Crippen LogP) is 3.46. The molecule has 4 nitrogen and oxygen atoms in total. The summed E-state index contributed by atoms with van der Waals surface area (Å²) >= 11 is 5.83. The number of hydrogen-bond acceptors (Lipinski definition) is 3. The van der Waals surface area contributed by atoms with Crippen molar-refractivity contribution in [1.29, 1.82) is 0 Å². The molecule has 1 atom stereocenters. The highest BCUT2D eigenvalue weighted by atomic mass is 35.5. The summed E-state index contributed by atoms with van der Waals surface area (Å²) in [5, 5.41) is 10.8. The molecule has 2 heterocycles. The Bertz CT molecular complexity index is 715. The van der Waals surface area contributed by atoms with Gasteiger partial charge in [-0.3, -0.25) is 4.79 Å². The van der Waals surface area contributed by atoms with Crippen LogP contribution in [0.15, 0.2) is 42.5 Å². The SMILES string of the molecule is O=C(c1cccc(Cl)n1)N1CCC(C(O)c2ccc(F)cc2)CC1. The Hall–Kier alpha value is -1.98. The fourth-order valence-corrected chi connectivity index (χ4v) is 3.20. The van der Waals surface area contributed by atoms with Gasteiger partial charge < -0.3 is 10.0 Å². The zero-order valence-electron chi connectivity index (χ0n) is 13.0. The van der Waals surface area contributed by atoms with Crippen molar-refractivity contribution in [2.75, 3.05) is 13.1 Å². The van der Waals surface area contributed by atoms with E-state index in [4.69, 9.17) is 11.6 Å². The fourth-order valence-electron chi connectivity index (χ4n) is 3.04. The molecule has 1 unspecified atom stereocenters. The van der Waals surface area contributed by atoms with Gasteiger partial charge in [0.1, 0.15) is 16.7 Å². The van der Waals surface area contributed by atoms with E-state index in [-0.39, 0.29) is 17.6 Å². The van der Waals surface area contributed by atoms with Gasteiger partial charge in [0.15, 0.2) is 0 Å². The van der Waals surface area contributed by atoms with Crippen LogP contribution in [0.2, 0.25) is 5.15 Å². The number of halogens is 2. The van der Waals surface area contributed by atoms with E-state index in [1.165, 1.54) is 12.1 Å². The molecule has 24 heavy (non-hydrogen) atoms. The van der Waals surface area contributed by atoms with Gasteiger partial charge in [-0.05, 0) is 48.6 Å². The van der Waals surface area contributed by atoms with E-state index >= 15 is 0 Å². The average molecular weight is 349 g/mol. The molecule has 1 fully saturated rings. The minimum absolute atomic E-state index is 0.0480. The third-order valence-corrected chi connectivity index (χ3v) is 4.63. The number of pyridine rings is 1. The molecule has 1 amide bonds. The monoisotopic (exact) mass is 348 g/mol. The van der Waals surface area contributed by atoms with Crippen LogP contribution < -0.4 is 0 Å². The molecule has 0 bridgehead atoms. The van der Waals surface area contributed by atoms with Crippen molar-refractivity contribution in [1.82, 2.24) is 9.88 Å². The molecule has 0 aliphatic carbocycles. The Morgan fingerprint density at radius 3 is 2.50 bits per heavy atom. The van der Waals surface area contributed by atoms with Crippen LogP contribution in [0.5, 0.6) is 0 Å². The first-order chi connectivity index (χ1) is 11.5. The maximum absolute atomic E-state index is 13.0. The number of hydrogen-bond donors (Lipinski definition) is 1. The number of aliphatic hydroxyl groups excluding tert-OH is 1. The number of rotatable bonds is 3. The second-order valence-corrected chi connectivity index (χ2v) is 6.36. The summed E-state index contributed by atoms with van der Waals surface area (Å²) < 4.78 is 13.0. The van der Waals surface area contributed by atoms with Gasteiger partial charge in [-0.2, -0.15) is 0 Å². The smallest absolute Gasteiger partial charge is 0.272 e. The van der Waals surface area contributed by atoms with Gasteiger partial charge in [-0.15, -0.1) is 0 Å². The first-order valence-electron chi connectivity index (χ1n) is 7.90. The van der Waals surface area contributed by atoms with Crippen molar-refractivity contribution >= 4 is 17.5 Å². The van der Waals surface area contributed by atoms with E-state index in [9.17, 15) is 14.3 Å². The minimum atomic E-state index is -0.646. The number of carbonyl (C=O) groups excluding carboxylic acids is 1. The molecule has 1 aromatic carbocycles. The van der Waals surface area contributed by atoms with Crippen LogP contribution in [0.25, 0.3) is 0 Å². The molecule has 3 rings (SSSR count). The van der Waals surface area contributed by atoms with Crippen molar-refractivity contribution in [3.63, 3.8) is 0 Å². The Morgan fingerprint density at radius 2 is 1.88 bits per heavy atom. The summed E-state index contributed by atoms with van der Waals surface area (Å²) in [5.41, 5.74) is 1.04. The van der Waals surface area contributed by atoms with Crippen LogP contribution >= 0.6 is 11.6 Å². The van der Waals surface area contributed by atoms with Gasteiger partial charge in [0.05, 0.1) is 6.10 Å². The van der Waals surface area contributed by atoms with Crippen molar-refractivity contribution in [3.8, 4) is 0 Å². The third kappa shape index (κ3) is 3.74. The number of aliphatic hydroxyl groups is 1. The lowest BCUT2D eigenvalue weighted by atomic mass is 9.87. The number of piperidine rings is 1. The van der Waals surface area contributed by atoms with Crippen LogP contribution in [-0.2, 0) is 0 Å². The summed E-state index contributed by atoms with van der Waals surface area (Å²) in [6.07, 6.45) is 0.725. The standard InChI is InChI=1S/C18H18ClFN2O2/c19-16-3-1-2-15(21-16)18(24)22-10-8-13(9-11-22)17(23)12-4-6-14(20)7-5-12/h1-7,13,17,23H,8-11H2. The van der Waals surface area contributed by atoms with E-state index in [2.05, 4.69) is 4.98 Å². The maximum Gasteiger partial charge on any atom is 0.272 e. The second-order valence-electron chi connectivity index (χ2n) is 5.97. The first kappa shape index (κ1) is 16.9. The van der Waals surface area contributed by atoms with E-state index in [1.807, 2.05) is 0 Å². The van der Waals surface area contributed by atoms with E-state index in [0.717, 1.165) is 0 Å². The molecule has 0 spiro atoms. The molecule has 1 aliphatic rings. The summed E-state index contributed by atoms with van der Waals surface area (Å²) in [6, 6.07) is 10.9. The Balaban J connectivity index is 1.61. The lowest BCUT2D eigenvalue weighted by Crippen LogP contribution is -2.40. The number of nitrogens with zero attached hydrogens (tertiary/aromatic N) is 2. The molecule has 0 saturated carbocycles. The maximum atomic E-state index is 13.0. The van der Waals surface area contributed by atoms with E-state index in [0.29, 0.717) is 42.3 Å². The molecule has 126 valence electrons. The van der Waals surface area contributed by atoms with Gasteiger partial charge in [-0.1, -0.05) is 29.8 Å². The Labute approximate surface area is 144 Å². The lowest BCUT2D eigenvalue weighted by molar-refractivity contribution is 0.0458. The van der Waals surface area contributed by atoms with Crippen LogP contribution in [0, 0.1) is 11.7 Å². The number of aromatic nitrogens is 1. The zero-order valence-corrected chi connectivity index (χ0v) is 13.8. The highest BCUT2D eigenvalue weighted by molar-refractivity contribution is 6.29. The molecule has 6 heteroatoms. The van der Waals surface area contributed by atoms with Crippen molar-refractivity contribution in [3.05, 3.63) is 64.7 Å². The minimum Gasteiger partial charge on any atom is -0.388 e. The second kappa shape index (κ2) is 7.28. The van der Waals surface area contributed by atoms with E-state index in [1.54, 1.807) is 35.2 Å². The quantitative estimate of drug-likeness (QED) is 0.864. The largest absolute Gasteiger partial charge is 0.388 e. The summed E-state index contributed by atoms with van der Waals surface area (Å²) in [5.74, 6) is -0.417. The molecule has 1 saturated heterocycles. The normalized spacial score (nSPS) is 16.9.